The molecule has 0 amide bonds. The summed E-state index contributed by atoms with van der Waals surface area (Å²) in [4.78, 5) is 0. The summed E-state index contributed by atoms with van der Waals surface area (Å²) in [5.74, 6) is 1.42. The van der Waals surface area contributed by atoms with Crippen LogP contribution >= 0.6 is 0 Å². The predicted molar refractivity (Wildman–Crippen MR) is 74.0 cm³/mol. The van der Waals surface area contributed by atoms with Crippen molar-refractivity contribution in [2.24, 2.45) is 5.92 Å². The number of aliphatic hydroxyl groups excluding tert-OH is 1. The molecule has 1 atom stereocenters. The van der Waals surface area contributed by atoms with Crippen molar-refractivity contribution in [2.45, 2.75) is 52.1 Å². The zero-order chi connectivity index (χ0) is 13.0. The third-order valence-corrected chi connectivity index (χ3v) is 4.10. The van der Waals surface area contributed by atoms with Crippen LogP contribution in [0.15, 0.2) is 18.2 Å². The molecule has 1 saturated carbocycles. The largest absolute Gasteiger partial charge is 0.493 e. The van der Waals surface area contributed by atoms with Crippen LogP contribution < -0.4 is 4.74 Å². The van der Waals surface area contributed by atoms with Crippen molar-refractivity contribution in [3.05, 3.63) is 29.3 Å². The maximum Gasteiger partial charge on any atom is 0.119 e. The number of rotatable bonds is 5. The molecule has 1 N–H and O–H groups in total. The first-order chi connectivity index (χ1) is 8.66. The Morgan fingerprint density at radius 1 is 1.22 bits per heavy atom. The van der Waals surface area contributed by atoms with Crippen molar-refractivity contribution in [1.29, 1.82) is 0 Å². The van der Waals surface area contributed by atoms with Crippen LogP contribution in [0.4, 0.5) is 0 Å². The van der Waals surface area contributed by atoms with Gasteiger partial charge < -0.3 is 9.84 Å². The normalized spacial score (nSPS) is 17.9. The van der Waals surface area contributed by atoms with Crippen LogP contribution in [-0.2, 0) is 0 Å². The van der Waals surface area contributed by atoms with E-state index < -0.39 is 0 Å². The standard InChI is InChI=1S/C16H24O2/c1-12-7-8-15(11-13(12)2)18-10-9-16(17)14-5-3-4-6-14/h7-8,11,14,16-17H,3-6,9-10H2,1-2H3. The molecule has 100 valence electrons. The summed E-state index contributed by atoms with van der Waals surface area (Å²) in [6.45, 7) is 4.80. The molecule has 1 unspecified atom stereocenters. The molecule has 1 aromatic rings. The number of hydrogen-bond acceptors (Lipinski definition) is 2. The molecule has 0 aliphatic heterocycles. The summed E-state index contributed by atoms with van der Waals surface area (Å²) in [7, 11) is 0. The lowest BCUT2D eigenvalue weighted by Gasteiger charge is -2.17. The summed E-state index contributed by atoms with van der Waals surface area (Å²) in [6.07, 6.45) is 5.49. The van der Waals surface area contributed by atoms with Gasteiger partial charge in [-0.05, 0) is 55.9 Å². The fourth-order valence-electron chi connectivity index (χ4n) is 2.68. The minimum absolute atomic E-state index is 0.181. The Hall–Kier alpha value is -1.02. The highest BCUT2D eigenvalue weighted by molar-refractivity contribution is 5.33. The Bertz CT molecular complexity index is 381. The first-order valence-electron chi connectivity index (χ1n) is 7.05. The van der Waals surface area contributed by atoms with E-state index in [2.05, 4.69) is 26.0 Å². The highest BCUT2D eigenvalue weighted by atomic mass is 16.5. The van der Waals surface area contributed by atoms with E-state index in [1.165, 1.54) is 36.8 Å². The van der Waals surface area contributed by atoms with Crippen LogP contribution in [0.25, 0.3) is 0 Å². The Labute approximate surface area is 110 Å². The van der Waals surface area contributed by atoms with Crippen molar-refractivity contribution in [3.63, 3.8) is 0 Å². The molecule has 2 nitrogen and oxygen atoms in total. The van der Waals surface area contributed by atoms with E-state index in [4.69, 9.17) is 4.74 Å². The highest BCUT2D eigenvalue weighted by Gasteiger charge is 2.22. The van der Waals surface area contributed by atoms with E-state index in [1.807, 2.05) is 6.07 Å². The van der Waals surface area contributed by atoms with E-state index in [-0.39, 0.29) is 6.10 Å². The number of hydrogen-bond donors (Lipinski definition) is 1. The van der Waals surface area contributed by atoms with Gasteiger partial charge in [-0.15, -0.1) is 0 Å². The SMILES string of the molecule is Cc1ccc(OCCC(O)C2CCCC2)cc1C. The van der Waals surface area contributed by atoms with Gasteiger partial charge in [-0.25, -0.2) is 0 Å². The molecule has 1 aliphatic carbocycles. The molecule has 1 aromatic carbocycles. The fourth-order valence-corrected chi connectivity index (χ4v) is 2.68. The Morgan fingerprint density at radius 3 is 2.61 bits per heavy atom. The second-order valence-electron chi connectivity index (χ2n) is 5.50. The van der Waals surface area contributed by atoms with Crippen LogP contribution in [-0.4, -0.2) is 17.8 Å². The van der Waals surface area contributed by atoms with Crippen LogP contribution in [0.5, 0.6) is 5.75 Å². The van der Waals surface area contributed by atoms with Gasteiger partial charge in [0.1, 0.15) is 5.75 Å². The highest BCUT2D eigenvalue weighted by Crippen LogP contribution is 2.29. The van der Waals surface area contributed by atoms with Gasteiger partial charge in [0.2, 0.25) is 0 Å². The van der Waals surface area contributed by atoms with Gasteiger partial charge in [0.15, 0.2) is 0 Å². The minimum atomic E-state index is -0.181. The molecule has 0 bridgehead atoms. The summed E-state index contributed by atoms with van der Waals surface area (Å²) < 4.78 is 5.71. The maximum atomic E-state index is 10.0. The van der Waals surface area contributed by atoms with Crippen LogP contribution in [0.1, 0.15) is 43.2 Å². The average molecular weight is 248 g/mol. The van der Waals surface area contributed by atoms with Gasteiger partial charge in [0.25, 0.3) is 0 Å². The third-order valence-electron chi connectivity index (χ3n) is 4.10. The van der Waals surface area contributed by atoms with Crippen molar-refractivity contribution in [2.75, 3.05) is 6.61 Å². The average Bonchev–Trinajstić information content (AvgIpc) is 2.87. The zero-order valence-electron chi connectivity index (χ0n) is 11.5. The van der Waals surface area contributed by atoms with Gasteiger partial charge in [-0.2, -0.15) is 0 Å². The molecule has 1 aliphatic rings. The van der Waals surface area contributed by atoms with Crippen LogP contribution in [0, 0.1) is 19.8 Å². The summed E-state index contributed by atoms with van der Waals surface area (Å²) in [5.41, 5.74) is 2.54. The van der Waals surface area contributed by atoms with Crippen molar-refractivity contribution >= 4 is 0 Å². The Kier molecular flexibility index (Phi) is 4.65. The molecule has 0 aromatic heterocycles. The van der Waals surface area contributed by atoms with E-state index in [0.29, 0.717) is 12.5 Å². The van der Waals surface area contributed by atoms with Crippen molar-refractivity contribution in [1.82, 2.24) is 0 Å². The van der Waals surface area contributed by atoms with Crippen molar-refractivity contribution < 1.29 is 9.84 Å². The molecule has 0 radical (unpaired) electrons. The Morgan fingerprint density at radius 2 is 1.94 bits per heavy atom. The van der Waals surface area contributed by atoms with Crippen LogP contribution in [0.2, 0.25) is 0 Å². The molecule has 2 heteroatoms. The molecule has 0 spiro atoms. The number of aliphatic hydroxyl groups is 1. The molecule has 1 fully saturated rings. The van der Waals surface area contributed by atoms with E-state index >= 15 is 0 Å². The summed E-state index contributed by atoms with van der Waals surface area (Å²) in [6, 6.07) is 6.15. The van der Waals surface area contributed by atoms with Gasteiger partial charge in [-0.1, -0.05) is 18.9 Å². The fraction of sp³-hybridized carbons (Fsp3) is 0.625. The quantitative estimate of drug-likeness (QED) is 0.862. The molecule has 18 heavy (non-hydrogen) atoms. The van der Waals surface area contributed by atoms with Gasteiger partial charge >= 0.3 is 0 Å². The lowest BCUT2D eigenvalue weighted by Crippen LogP contribution is -2.20. The van der Waals surface area contributed by atoms with Gasteiger partial charge in [-0.3, -0.25) is 0 Å². The molecular formula is C16H24O2. The Balaban J connectivity index is 1.75. The van der Waals surface area contributed by atoms with Gasteiger partial charge in [0.05, 0.1) is 12.7 Å². The number of benzene rings is 1. The minimum Gasteiger partial charge on any atom is -0.493 e. The monoisotopic (exact) mass is 248 g/mol. The van der Waals surface area contributed by atoms with Crippen LogP contribution in [0.3, 0.4) is 0 Å². The summed E-state index contributed by atoms with van der Waals surface area (Å²) >= 11 is 0. The second-order valence-corrected chi connectivity index (χ2v) is 5.50. The zero-order valence-corrected chi connectivity index (χ0v) is 11.5. The predicted octanol–water partition coefficient (Wildman–Crippen LogP) is 3.62. The summed E-state index contributed by atoms with van der Waals surface area (Å²) in [5, 5.41) is 10.0. The smallest absolute Gasteiger partial charge is 0.119 e. The number of aryl methyl sites for hydroxylation is 2. The lowest BCUT2D eigenvalue weighted by atomic mass is 9.99. The molecular weight excluding hydrogens is 224 g/mol. The lowest BCUT2D eigenvalue weighted by molar-refractivity contribution is 0.0853. The molecule has 0 heterocycles. The van der Waals surface area contributed by atoms with Crippen molar-refractivity contribution in [3.8, 4) is 5.75 Å². The first-order valence-corrected chi connectivity index (χ1v) is 7.05. The number of ether oxygens (including phenoxy) is 1. The molecule has 0 saturated heterocycles. The van der Waals surface area contributed by atoms with E-state index in [1.54, 1.807) is 0 Å². The van der Waals surface area contributed by atoms with Gasteiger partial charge in [0, 0.05) is 6.42 Å². The first kappa shape index (κ1) is 13.4. The molecule has 2 rings (SSSR count). The third kappa shape index (κ3) is 3.49. The topological polar surface area (TPSA) is 29.5 Å². The second kappa shape index (κ2) is 6.24. The van der Waals surface area contributed by atoms with E-state index in [9.17, 15) is 5.11 Å². The maximum absolute atomic E-state index is 10.0. The van der Waals surface area contributed by atoms with E-state index in [0.717, 1.165) is 12.2 Å².